The number of nitrogens with zero attached hydrogens (tertiary/aromatic N) is 7. The number of nitrogens with one attached hydrogen (secondary N) is 2. The van der Waals surface area contributed by atoms with Crippen LogP contribution in [-0.2, 0) is 6.54 Å². The van der Waals surface area contributed by atoms with Crippen molar-refractivity contribution in [2.45, 2.75) is 20.4 Å². The molecule has 3 heterocycles. The second kappa shape index (κ2) is 8.81. The normalized spacial score (nSPS) is 14.7. The van der Waals surface area contributed by atoms with Gasteiger partial charge in [-0.05, 0) is 37.6 Å². The van der Waals surface area contributed by atoms with E-state index in [1.54, 1.807) is 0 Å². The molecule has 0 unspecified atom stereocenters. The molecule has 31 heavy (non-hydrogen) atoms. The number of nitriles is 1. The van der Waals surface area contributed by atoms with Gasteiger partial charge in [-0.1, -0.05) is 12.1 Å². The van der Waals surface area contributed by atoms with Crippen LogP contribution < -0.4 is 16.6 Å². The van der Waals surface area contributed by atoms with Crippen molar-refractivity contribution in [3.63, 3.8) is 0 Å². The van der Waals surface area contributed by atoms with Gasteiger partial charge in [0.2, 0.25) is 0 Å². The molecule has 0 radical (unpaired) electrons. The van der Waals surface area contributed by atoms with Crippen molar-refractivity contribution in [3.05, 3.63) is 54.0 Å². The van der Waals surface area contributed by atoms with Crippen LogP contribution in [0.25, 0.3) is 5.52 Å². The highest BCUT2D eigenvalue weighted by molar-refractivity contribution is 6.00. The average molecular weight is 416 g/mol. The van der Waals surface area contributed by atoms with E-state index >= 15 is 0 Å². The van der Waals surface area contributed by atoms with Crippen molar-refractivity contribution in [1.82, 2.24) is 24.9 Å². The second-order valence-corrected chi connectivity index (χ2v) is 7.62. The minimum absolute atomic E-state index is 0.123. The van der Waals surface area contributed by atoms with Crippen LogP contribution >= 0.6 is 0 Å². The maximum absolute atomic E-state index is 9.01. The Kier molecular flexibility index (Phi) is 5.77. The Morgan fingerprint density at radius 1 is 1.32 bits per heavy atom. The lowest BCUT2D eigenvalue weighted by Crippen LogP contribution is -2.45. The standard InChI is InChI=1S/C21H24N10/c1-14(2)28-29-20(27-23)16-4-3-5-18(8-16)26-21-19-17(6-7-31(19)25-13-24-21)12-30-10-15(9-22)11-30/h3-8,13,15H,10-12,23H2,1-2H3,(H,27,29)(H,24,25,26). The van der Waals surface area contributed by atoms with E-state index in [1.165, 1.54) is 6.33 Å². The van der Waals surface area contributed by atoms with Gasteiger partial charge in [0.05, 0.1) is 12.0 Å². The second-order valence-electron chi connectivity index (χ2n) is 7.62. The first-order valence-electron chi connectivity index (χ1n) is 9.93. The van der Waals surface area contributed by atoms with E-state index in [0.29, 0.717) is 11.7 Å². The largest absolute Gasteiger partial charge is 0.338 e. The van der Waals surface area contributed by atoms with Crippen LogP contribution in [0.2, 0.25) is 0 Å². The fourth-order valence-corrected chi connectivity index (χ4v) is 3.47. The van der Waals surface area contributed by atoms with Gasteiger partial charge in [0.1, 0.15) is 11.8 Å². The fourth-order valence-electron chi connectivity index (χ4n) is 3.47. The molecule has 1 aliphatic heterocycles. The third kappa shape index (κ3) is 4.46. The predicted molar refractivity (Wildman–Crippen MR) is 120 cm³/mol. The summed E-state index contributed by atoms with van der Waals surface area (Å²) in [4.78, 5) is 6.71. The highest BCUT2D eigenvalue weighted by Gasteiger charge is 2.27. The van der Waals surface area contributed by atoms with Gasteiger partial charge in [-0.25, -0.2) is 9.50 Å². The zero-order chi connectivity index (χ0) is 21.8. The average Bonchev–Trinajstić information content (AvgIpc) is 3.15. The molecule has 0 bridgehead atoms. The number of aromatic nitrogens is 3. The molecule has 3 aromatic rings. The molecule has 0 aliphatic carbocycles. The van der Waals surface area contributed by atoms with Gasteiger partial charge in [0.25, 0.3) is 0 Å². The van der Waals surface area contributed by atoms with Crippen LogP contribution in [0.15, 0.2) is 53.1 Å². The lowest BCUT2D eigenvalue weighted by atomic mass is 10.0. The Hall–Kier alpha value is -3.97. The molecule has 0 atom stereocenters. The van der Waals surface area contributed by atoms with Gasteiger partial charge >= 0.3 is 0 Å². The number of nitrogens with two attached hydrogens (primary N) is 1. The number of hydrogen-bond acceptors (Lipinski definition) is 8. The monoisotopic (exact) mass is 416 g/mol. The van der Waals surface area contributed by atoms with Crippen LogP contribution in [0, 0.1) is 17.2 Å². The molecular weight excluding hydrogens is 392 g/mol. The Labute approximate surface area is 180 Å². The zero-order valence-electron chi connectivity index (χ0n) is 17.4. The molecule has 1 fully saturated rings. The Bertz CT molecular complexity index is 1180. The van der Waals surface area contributed by atoms with Gasteiger partial charge in [-0.3, -0.25) is 10.3 Å². The van der Waals surface area contributed by atoms with Crippen molar-refractivity contribution in [2.24, 2.45) is 22.0 Å². The SMILES string of the molecule is CC(C)=NN/C(=N/N)c1cccc(Nc2ncnn3ccc(CN4CC(C#N)C4)c23)c1. The van der Waals surface area contributed by atoms with Gasteiger partial charge in [0, 0.05) is 42.8 Å². The van der Waals surface area contributed by atoms with Crippen LogP contribution in [0.3, 0.4) is 0 Å². The first-order valence-corrected chi connectivity index (χ1v) is 9.93. The van der Waals surface area contributed by atoms with E-state index in [0.717, 1.165) is 47.7 Å². The van der Waals surface area contributed by atoms with Crippen molar-refractivity contribution < 1.29 is 0 Å². The number of likely N-dealkylation sites (tertiary alicyclic amines) is 1. The topological polar surface area (TPSA) is 132 Å². The summed E-state index contributed by atoms with van der Waals surface area (Å²) in [6.45, 7) is 6.10. The molecule has 1 saturated heterocycles. The summed E-state index contributed by atoms with van der Waals surface area (Å²) >= 11 is 0. The molecule has 2 aromatic heterocycles. The molecule has 4 N–H and O–H groups in total. The lowest BCUT2D eigenvalue weighted by molar-refractivity contribution is 0.127. The smallest absolute Gasteiger partial charge is 0.173 e. The van der Waals surface area contributed by atoms with E-state index in [-0.39, 0.29) is 5.92 Å². The quantitative estimate of drug-likeness (QED) is 0.242. The van der Waals surface area contributed by atoms with Crippen molar-refractivity contribution in [2.75, 3.05) is 18.4 Å². The number of fused-ring (bicyclic) bond motifs is 1. The van der Waals surface area contributed by atoms with Crippen molar-refractivity contribution in [3.8, 4) is 6.07 Å². The number of hydrogen-bond donors (Lipinski definition) is 3. The molecule has 0 amide bonds. The minimum atomic E-state index is 0.123. The number of rotatable bonds is 6. The zero-order valence-corrected chi connectivity index (χ0v) is 17.4. The van der Waals surface area contributed by atoms with E-state index in [4.69, 9.17) is 11.1 Å². The predicted octanol–water partition coefficient (Wildman–Crippen LogP) is 2.03. The summed E-state index contributed by atoms with van der Waals surface area (Å²) in [5.74, 6) is 6.83. The fraction of sp³-hybridized carbons (Fsp3) is 0.286. The Balaban J connectivity index is 1.58. The first-order chi connectivity index (χ1) is 15.1. The molecule has 0 saturated carbocycles. The van der Waals surface area contributed by atoms with Gasteiger partial charge < -0.3 is 11.2 Å². The third-order valence-electron chi connectivity index (χ3n) is 4.98. The summed E-state index contributed by atoms with van der Waals surface area (Å²) in [6.07, 6.45) is 3.44. The molecule has 10 heteroatoms. The highest BCUT2D eigenvalue weighted by atomic mass is 15.3. The number of anilines is 2. The van der Waals surface area contributed by atoms with Gasteiger partial charge in [-0.2, -0.15) is 20.6 Å². The highest BCUT2D eigenvalue weighted by Crippen LogP contribution is 2.26. The van der Waals surface area contributed by atoms with Gasteiger partial charge in [-0.15, -0.1) is 0 Å². The summed E-state index contributed by atoms with van der Waals surface area (Å²) < 4.78 is 1.81. The van der Waals surface area contributed by atoms with Crippen LogP contribution in [0.5, 0.6) is 0 Å². The van der Waals surface area contributed by atoms with E-state index in [1.807, 2.05) is 54.9 Å². The summed E-state index contributed by atoms with van der Waals surface area (Å²) in [5, 5.41) is 24.7. The first kappa shape index (κ1) is 20.3. The third-order valence-corrected chi connectivity index (χ3v) is 4.98. The van der Waals surface area contributed by atoms with E-state index in [9.17, 15) is 0 Å². The molecule has 4 rings (SSSR count). The van der Waals surface area contributed by atoms with Crippen LogP contribution in [0.4, 0.5) is 11.5 Å². The minimum Gasteiger partial charge on any atom is -0.338 e. The van der Waals surface area contributed by atoms with E-state index < -0.39 is 0 Å². The van der Waals surface area contributed by atoms with E-state index in [2.05, 4.69) is 42.0 Å². The van der Waals surface area contributed by atoms with Crippen LogP contribution in [0.1, 0.15) is 25.0 Å². The molecule has 1 aromatic carbocycles. The maximum atomic E-state index is 9.01. The number of benzene rings is 1. The molecule has 158 valence electrons. The molecular formula is C21H24N10. The Morgan fingerprint density at radius 3 is 2.90 bits per heavy atom. The number of hydrazone groups is 2. The molecule has 10 nitrogen and oxygen atoms in total. The summed E-state index contributed by atoms with van der Waals surface area (Å²) in [6, 6.07) is 12.0. The van der Waals surface area contributed by atoms with Crippen molar-refractivity contribution in [1.29, 1.82) is 5.26 Å². The molecule has 0 spiro atoms. The maximum Gasteiger partial charge on any atom is 0.173 e. The Morgan fingerprint density at radius 2 is 2.16 bits per heavy atom. The van der Waals surface area contributed by atoms with Crippen LogP contribution in [-0.4, -0.2) is 44.1 Å². The lowest BCUT2D eigenvalue weighted by Gasteiger charge is -2.35. The summed E-state index contributed by atoms with van der Waals surface area (Å²) in [5.41, 5.74) is 7.38. The summed E-state index contributed by atoms with van der Waals surface area (Å²) in [7, 11) is 0. The van der Waals surface area contributed by atoms with Gasteiger partial charge in [0.15, 0.2) is 11.7 Å². The van der Waals surface area contributed by atoms with Crippen molar-refractivity contribution >= 4 is 28.6 Å². The number of amidine groups is 1. The molecule has 1 aliphatic rings.